The highest BCUT2D eigenvalue weighted by Gasteiger charge is 2.15. The van der Waals surface area contributed by atoms with Gasteiger partial charge in [-0.15, -0.1) is 0 Å². The third-order valence-corrected chi connectivity index (χ3v) is 6.86. The molecule has 0 spiro atoms. The van der Waals surface area contributed by atoms with Gasteiger partial charge >= 0.3 is 0 Å². The van der Waals surface area contributed by atoms with Gasteiger partial charge in [-0.1, -0.05) is 72.3 Å². The number of amides is 1. The van der Waals surface area contributed by atoms with E-state index in [1.165, 1.54) is 0 Å². The van der Waals surface area contributed by atoms with Gasteiger partial charge in [-0.3, -0.25) is 4.79 Å². The van der Waals surface area contributed by atoms with Crippen LogP contribution in [0.5, 0.6) is 0 Å². The molecule has 0 radical (unpaired) electrons. The van der Waals surface area contributed by atoms with Crippen LogP contribution >= 0.6 is 27.5 Å². The Labute approximate surface area is 222 Å². The van der Waals surface area contributed by atoms with Gasteiger partial charge in [-0.2, -0.15) is 9.61 Å². The minimum Gasteiger partial charge on any atom is -0.366 e. The molecule has 1 unspecified atom stereocenters. The van der Waals surface area contributed by atoms with Crippen LogP contribution < -0.4 is 10.6 Å². The Bertz CT molecular complexity index is 1520. The van der Waals surface area contributed by atoms with Crippen LogP contribution in [0.4, 0.5) is 11.5 Å². The van der Waals surface area contributed by atoms with Crippen LogP contribution in [0, 0.1) is 0 Å². The third-order valence-electron chi connectivity index (χ3n) is 5.97. The van der Waals surface area contributed by atoms with Crippen LogP contribution in [-0.4, -0.2) is 20.5 Å². The number of hydrogen-bond acceptors (Lipinski definition) is 4. The molecule has 1 amide bonds. The standard InChI is InChI=1S/C28H23BrClN5O/c1-18(20-7-3-2-4-8-20)28(36)33-21-13-11-19(12-14-21)16-31-26-15-25(22-9-5-6-10-24(22)30)34-27-23(29)17-32-35(26)27/h2-15,17-18,31H,16H2,1H3,(H,33,36). The molecule has 2 N–H and O–H groups in total. The van der Waals surface area contributed by atoms with Crippen LogP contribution in [0.15, 0.2) is 95.6 Å². The van der Waals surface area contributed by atoms with Gasteiger partial charge in [0.2, 0.25) is 5.91 Å². The SMILES string of the molecule is CC(C(=O)Nc1ccc(CNc2cc(-c3ccccc3Cl)nc3c(Br)cnn23)cc1)c1ccccc1. The van der Waals surface area contributed by atoms with Crippen LogP contribution in [0.25, 0.3) is 16.9 Å². The zero-order chi connectivity index (χ0) is 25.1. The molecule has 2 heterocycles. The molecule has 0 aliphatic carbocycles. The minimum absolute atomic E-state index is 0.0392. The molecule has 0 saturated heterocycles. The van der Waals surface area contributed by atoms with E-state index in [-0.39, 0.29) is 11.8 Å². The van der Waals surface area contributed by atoms with E-state index in [1.54, 1.807) is 10.7 Å². The summed E-state index contributed by atoms with van der Waals surface area (Å²) >= 11 is 9.96. The van der Waals surface area contributed by atoms with Gasteiger partial charge in [0, 0.05) is 28.9 Å². The lowest BCUT2D eigenvalue weighted by Gasteiger charge is -2.14. The zero-order valence-electron chi connectivity index (χ0n) is 19.5. The van der Waals surface area contributed by atoms with Crippen LogP contribution in [0.2, 0.25) is 5.02 Å². The Hall–Kier alpha value is -3.68. The van der Waals surface area contributed by atoms with Gasteiger partial charge in [0.1, 0.15) is 5.82 Å². The molecule has 36 heavy (non-hydrogen) atoms. The lowest BCUT2D eigenvalue weighted by atomic mass is 10.0. The Balaban J connectivity index is 1.31. The first-order valence-corrected chi connectivity index (χ1v) is 12.6. The highest BCUT2D eigenvalue weighted by molar-refractivity contribution is 9.10. The van der Waals surface area contributed by atoms with Crippen molar-refractivity contribution in [2.75, 3.05) is 10.6 Å². The normalized spacial score (nSPS) is 11.9. The second-order valence-electron chi connectivity index (χ2n) is 8.41. The topological polar surface area (TPSA) is 71.3 Å². The van der Waals surface area contributed by atoms with E-state index in [0.717, 1.165) is 38.4 Å². The average molecular weight is 561 g/mol. The van der Waals surface area contributed by atoms with Crippen LogP contribution in [0.3, 0.4) is 0 Å². The summed E-state index contributed by atoms with van der Waals surface area (Å²) in [5.41, 5.74) is 5.10. The van der Waals surface area contributed by atoms with E-state index in [1.807, 2.05) is 91.9 Å². The Kier molecular flexibility index (Phi) is 7.02. The molecule has 1 atom stereocenters. The summed E-state index contributed by atoms with van der Waals surface area (Å²) in [7, 11) is 0. The first-order chi connectivity index (χ1) is 17.5. The first-order valence-electron chi connectivity index (χ1n) is 11.5. The molecule has 2 aromatic heterocycles. The van der Waals surface area contributed by atoms with E-state index in [9.17, 15) is 4.79 Å². The van der Waals surface area contributed by atoms with Crippen molar-refractivity contribution in [1.29, 1.82) is 0 Å². The molecule has 0 aliphatic rings. The van der Waals surface area contributed by atoms with Crippen molar-refractivity contribution in [1.82, 2.24) is 14.6 Å². The summed E-state index contributed by atoms with van der Waals surface area (Å²) in [6, 6.07) is 27.1. The fourth-order valence-electron chi connectivity index (χ4n) is 3.91. The summed E-state index contributed by atoms with van der Waals surface area (Å²) in [5.74, 6) is 0.514. The van der Waals surface area contributed by atoms with Gasteiger partial charge in [-0.05, 0) is 52.2 Å². The molecule has 8 heteroatoms. The fraction of sp³-hybridized carbons (Fsp3) is 0.107. The predicted octanol–water partition coefficient (Wildman–Crippen LogP) is 7.17. The molecule has 6 nitrogen and oxygen atoms in total. The number of carbonyl (C=O) groups excluding carboxylic acids is 1. The van der Waals surface area contributed by atoms with Gasteiger partial charge in [0.15, 0.2) is 5.65 Å². The smallest absolute Gasteiger partial charge is 0.231 e. The number of carbonyl (C=O) groups is 1. The van der Waals surface area contributed by atoms with Gasteiger partial charge < -0.3 is 10.6 Å². The van der Waals surface area contributed by atoms with E-state index >= 15 is 0 Å². The Morgan fingerprint density at radius 2 is 1.75 bits per heavy atom. The summed E-state index contributed by atoms with van der Waals surface area (Å²) in [6.07, 6.45) is 1.72. The lowest BCUT2D eigenvalue weighted by Crippen LogP contribution is -2.18. The number of nitrogens with zero attached hydrogens (tertiary/aromatic N) is 3. The highest BCUT2D eigenvalue weighted by Crippen LogP contribution is 2.30. The summed E-state index contributed by atoms with van der Waals surface area (Å²) in [5, 5.41) is 11.5. The molecular formula is C28H23BrClN5O. The number of benzene rings is 3. The van der Waals surface area contributed by atoms with Crippen molar-refractivity contribution in [3.63, 3.8) is 0 Å². The van der Waals surface area contributed by atoms with Crippen molar-refractivity contribution >= 4 is 50.6 Å². The summed E-state index contributed by atoms with van der Waals surface area (Å²) < 4.78 is 2.55. The fourth-order valence-corrected chi connectivity index (χ4v) is 4.49. The number of rotatable bonds is 7. The van der Waals surface area contributed by atoms with E-state index in [4.69, 9.17) is 16.6 Å². The summed E-state index contributed by atoms with van der Waals surface area (Å²) in [4.78, 5) is 17.4. The molecule has 0 aliphatic heterocycles. The maximum absolute atomic E-state index is 12.7. The van der Waals surface area contributed by atoms with Crippen molar-refractivity contribution in [2.45, 2.75) is 19.4 Å². The van der Waals surface area contributed by atoms with E-state index in [0.29, 0.717) is 17.2 Å². The minimum atomic E-state index is -0.234. The van der Waals surface area contributed by atoms with Crippen LogP contribution in [0.1, 0.15) is 24.0 Å². The number of fused-ring (bicyclic) bond motifs is 1. The lowest BCUT2D eigenvalue weighted by molar-refractivity contribution is -0.117. The molecule has 5 aromatic rings. The second kappa shape index (κ2) is 10.5. The molecule has 0 fully saturated rings. The first kappa shape index (κ1) is 24.0. The Morgan fingerprint density at radius 3 is 2.50 bits per heavy atom. The zero-order valence-corrected chi connectivity index (χ0v) is 21.8. The molecule has 180 valence electrons. The highest BCUT2D eigenvalue weighted by atomic mass is 79.9. The second-order valence-corrected chi connectivity index (χ2v) is 9.67. The van der Waals surface area contributed by atoms with Gasteiger partial charge in [0.05, 0.1) is 22.3 Å². The molecule has 0 bridgehead atoms. The van der Waals surface area contributed by atoms with Gasteiger partial charge in [0.25, 0.3) is 0 Å². The van der Waals surface area contributed by atoms with Crippen molar-refractivity contribution < 1.29 is 4.79 Å². The Morgan fingerprint density at radius 1 is 1.03 bits per heavy atom. The van der Waals surface area contributed by atoms with Crippen LogP contribution in [-0.2, 0) is 11.3 Å². The number of hydrogen-bond donors (Lipinski definition) is 2. The summed E-state index contributed by atoms with van der Waals surface area (Å²) in [6.45, 7) is 2.47. The maximum atomic E-state index is 12.7. The molecule has 0 saturated carbocycles. The largest absolute Gasteiger partial charge is 0.366 e. The predicted molar refractivity (Wildman–Crippen MR) is 148 cm³/mol. The molecule has 5 rings (SSSR count). The number of aromatic nitrogens is 3. The monoisotopic (exact) mass is 559 g/mol. The van der Waals surface area contributed by atoms with Gasteiger partial charge in [-0.25, -0.2) is 4.98 Å². The number of nitrogens with one attached hydrogen (secondary N) is 2. The van der Waals surface area contributed by atoms with E-state index in [2.05, 4.69) is 31.7 Å². The third kappa shape index (κ3) is 5.12. The van der Waals surface area contributed by atoms with Crippen molar-refractivity contribution in [3.05, 3.63) is 112 Å². The van der Waals surface area contributed by atoms with Crippen molar-refractivity contribution in [2.24, 2.45) is 0 Å². The number of halogens is 2. The van der Waals surface area contributed by atoms with E-state index < -0.39 is 0 Å². The number of anilines is 2. The van der Waals surface area contributed by atoms with Crippen molar-refractivity contribution in [3.8, 4) is 11.3 Å². The molecular weight excluding hydrogens is 538 g/mol. The average Bonchev–Trinajstić information content (AvgIpc) is 3.29. The maximum Gasteiger partial charge on any atom is 0.231 e. The molecule has 3 aromatic carbocycles. The quantitative estimate of drug-likeness (QED) is 0.221.